The number of hydrogen-bond donors (Lipinski definition) is 2. The number of benzene rings is 1. The molecule has 0 saturated carbocycles. The summed E-state index contributed by atoms with van der Waals surface area (Å²) in [5, 5.41) is 3.69. The lowest BCUT2D eigenvalue weighted by molar-refractivity contribution is 0.326. The van der Waals surface area contributed by atoms with E-state index in [4.69, 9.17) is 4.74 Å². The average Bonchev–Trinajstić information content (AvgIpc) is 2.54. The molecule has 0 bridgehead atoms. The van der Waals surface area contributed by atoms with Crippen LogP contribution in [-0.2, 0) is 6.54 Å². The number of aromatic amines is 1. The van der Waals surface area contributed by atoms with Crippen LogP contribution in [0.15, 0.2) is 47.4 Å². The molecule has 0 radical (unpaired) electrons. The van der Waals surface area contributed by atoms with Crippen molar-refractivity contribution in [3.05, 3.63) is 58.5 Å². The molecule has 3 rings (SSSR count). The Bertz CT molecular complexity index is 845. The Labute approximate surface area is 127 Å². The summed E-state index contributed by atoms with van der Waals surface area (Å²) < 4.78 is 5.36. The molecule has 0 fully saturated rings. The summed E-state index contributed by atoms with van der Waals surface area (Å²) in [5.74, 6) is 1.03. The first-order chi connectivity index (χ1) is 10.8. The number of fused-ring (bicyclic) bond motifs is 1. The molecule has 2 N–H and O–H groups in total. The van der Waals surface area contributed by atoms with Gasteiger partial charge >= 0.3 is 0 Å². The van der Waals surface area contributed by atoms with Crippen molar-refractivity contribution in [2.75, 3.05) is 11.9 Å². The van der Waals surface area contributed by atoms with Gasteiger partial charge in [0.05, 0.1) is 17.5 Å². The van der Waals surface area contributed by atoms with Gasteiger partial charge in [0.1, 0.15) is 0 Å². The minimum atomic E-state index is -0.155. The molecule has 0 saturated heterocycles. The van der Waals surface area contributed by atoms with Crippen molar-refractivity contribution in [3.8, 4) is 5.88 Å². The second-order valence-corrected chi connectivity index (χ2v) is 4.72. The molecular weight excluding hydrogens is 280 g/mol. The van der Waals surface area contributed by atoms with Crippen LogP contribution >= 0.6 is 0 Å². The standard InChI is InChI=1S/C16H16N4O2/c1-2-22-14-9-11(7-8-17-14)10-18-16-19-13-6-4-3-5-12(13)15(21)20-16/h3-9H,2,10H2,1H3,(H2,18,19,20,21). The van der Waals surface area contributed by atoms with Crippen molar-refractivity contribution in [2.24, 2.45) is 0 Å². The highest BCUT2D eigenvalue weighted by Gasteiger charge is 2.03. The van der Waals surface area contributed by atoms with E-state index in [0.717, 1.165) is 5.56 Å². The van der Waals surface area contributed by atoms with Crippen LogP contribution < -0.4 is 15.6 Å². The average molecular weight is 296 g/mol. The first-order valence-corrected chi connectivity index (χ1v) is 7.07. The van der Waals surface area contributed by atoms with Gasteiger partial charge in [-0.2, -0.15) is 0 Å². The molecule has 0 unspecified atom stereocenters. The topological polar surface area (TPSA) is 79.9 Å². The minimum absolute atomic E-state index is 0.155. The molecule has 22 heavy (non-hydrogen) atoms. The third kappa shape index (κ3) is 3.06. The van der Waals surface area contributed by atoms with E-state index in [1.807, 2.05) is 37.3 Å². The van der Waals surface area contributed by atoms with Crippen LogP contribution in [0.4, 0.5) is 5.95 Å². The molecule has 2 aromatic heterocycles. The van der Waals surface area contributed by atoms with E-state index >= 15 is 0 Å². The van der Waals surface area contributed by atoms with Gasteiger partial charge in [0.15, 0.2) is 0 Å². The first kappa shape index (κ1) is 14.1. The molecule has 0 atom stereocenters. The van der Waals surface area contributed by atoms with Gasteiger partial charge in [0.2, 0.25) is 11.8 Å². The fourth-order valence-corrected chi connectivity index (χ4v) is 2.14. The number of hydrogen-bond acceptors (Lipinski definition) is 5. The number of aromatic nitrogens is 3. The number of H-pyrrole nitrogens is 1. The zero-order valence-corrected chi connectivity index (χ0v) is 12.2. The molecule has 112 valence electrons. The van der Waals surface area contributed by atoms with E-state index in [2.05, 4.69) is 20.3 Å². The Morgan fingerprint density at radius 3 is 3.00 bits per heavy atom. The molecule has 0 aliphatic heterocycles. The fourth-order valence-electron chi connectivity index (χ4n) is 2.14. The molecule has 0 aliphatic rings. The molecule has 6 heteroatoms. The highest BCUT2D eigenvalue weighted by molar-refractivity contribution is 5.78. The summed E-state index contributed by atoms with van der Waals surface area (Å²) in [6.45, 7) is 3.00. The number of nitrogens with one attached hydrogen (secondary N) is 2. The van der Waals surface area contributed by atoms with Gasteiger partial charge in [0.25, 0.3) is 5.56 Å². The summed E-state index contributed by atoms with van der Waals surface area (Å²) in [4.78, 5) is 23.2. The summed E-state index contributed by atoms with van der Waals surface area (Å²) in [7, 11) is 0. The zero-order chi connectivity index (χ0) is 15.4. The highest BCUT2D eigenvalue weighted by atomic mass is 16.5. The predicted octanol–water partition coefficient (Wildman–Crippen LogP) is 2.33. The van der Waals surface area contributed by atoms with Crippen LogP contribution in [0.1, 0.15) is 12.5 Å². The van der Waals surface area contributed by atoms with Gasteiger partial charge in [-0.05, 0) is 30.7 Å². The summed E-state index contributed by atoms with van der Waals surface area (Å²) in [5.41, 5.74) is 1.51. The molecular formula is C16H16N4O2. The maximum atomic E-state index is 12.0. The number of para-hydroxylation sites is 1. The van der Waals surface area contributed by atoms with Crippen molar-refractivity contribution < 1.29 is 4.74 Å². The second-order valence-electron chi connectivity index (χ2n) is 4.72. The van der Waals surface area contributed by atoms with Crippen LogP contribution in [0, 0.1) is 0 Å². The van der Waals surface area contributed by atoms with Gasteiger partial charge < -0.3 is 10.1 Å². The Morgan fingerprint density at radius 2 is 2.14 bits per heavy atom. The third-order valence-corrected chi connectivity index (χ3v) is 3.16. The van der Waals surface area contributed by atoms with E-state index in [1.54, 1.807) is 12.3 Å². The number of rotatable bonds is 5. The molecule has 0 aliphatic carbocycles. The fraction of sp³-hybridized carbons (Fsp3) is 0.188. The van der Waals surface area contributed by atoms with E-state index in [-0.39, 0.29) is 5.56 Å². The molecule has 2 heterocycles. The van der Waals surface area contributed by atoms with Crippen molar-refractivity contribution in [2.45, 2.75) is 13.5 Å². The van der Waals surface area contributed by atoms with Crippen LogP contribution in [0.3, 0.4) is 0 Å². The van der Waals surface area contributed by atoms with Gasteiger partial charge in [-0.3, -0.25) is 9.78 Å². The van der Waals surface area contributed by atoms with Crippen LogP contribution in [0.2, 0.25) is 0 Å². The Hall–Kier alpha value is -2.89. The number of nitrogens with zero attached hydrogens (tertiary/aromatic N) is 2. The summed E-state index contributed by atoms with van der Waals surface area (Å²) in [6, 6.07) is 11.0. The first-order valence-electron chi connectivity index (χ1n) is 7.07. The molecule has 6 nitrogen and oxygen atoms in total. The van der Waals surface area contributed by atoms with Gasteiger partial charge in [0, 0.05) is 18.8 Å². The second kappa shape index (κ2) is 6.26. The predicted molar refractivity (Wildman–Crippen MR) is 85.1 cm³/mol. The maximum Gasteiger partial charge on any atom is 0.260 e. The SMILES string of the molecule is CCOc1cc(CNc2nc3ccccc3c(=O)[nH]2)ccn1. The van der Waals surface area contributed by atoms with Crippen LogP contribution in [-0.4, -0.2) is 21.6 Å². The largest absolute Gasteiger partial charge is 0.478 e. The normalized spacial score (nSPS) is 10.6. The minimum Gasteiger partial charge on any atom is -0.478 e. The van der Waals surface area contributed by atoms with E-state index in [9.17, 15) is 4.79 Å². The molecule has 0 spiro atoms. The van der Waals surface area contributed by atoms with E-state index in [1.165, 1.54) is 0 Å². The van der Waals surface area contributed by atoms with Gasteiger partial charge in [-0.25, -0.2) is 9.97 Å². The summed E-state index contributed by atoms with van der Waals surface area (Å²) >= 11 is 0. The number of pyridine rings is 1. The number of ether oxygens (including phenoxy) is 1. The van der Waals surface area contributed by atoms with Crippen LogP contribution in [0.5, 0.6) is 5.88 Å². The Balaban J connectivity index is 1.79. The lowest BCUT2D eigenvalue weighted by atomic mass is 10.2. The van der Waals surface area contributed by atoms with Gasteiger partial charge in [-0.1, -0.05) is 12.1 Å². The van der Waals surface area contributed by atoms with Crippen molar-refractivity contribution in [3.63, 3.8) is 0 Å². The maximum absolute atomic E-state index is 12.0. The highest BCUT2D eigenvalue weighted by Crippen LogP contribution is 2.12. The van der Waals surface area contributed by atoms with Gasteiger partial charge in [-0.15, -0.1) is 0 Å². The lowest BCUT2D eigenvalue weighted by Crippen LogP contribution is -2.13. The molecule has 1 aromatic carbocycles. The van der Waals surface area contributed by atoms with Crippen molar-refractivity contribution in [1.29, 1.82) is 0 Å². The van der Waals surface area contributed by atoms with Crippen molar-refractivity contribution in [1.82, 2.24) is 15.0 Å². The van der Waals surface area contributed by atoms with Crippen LogP contribution in [0.25, 0.3) is 10.9 Å². The zero-order valence-electron chi connectivity index (χ0n) is 12.2. The lowest BCUT2D eigenvalue weighted by Gasteiger charge is -2.08. The van der Waals surface area contributed by atoms with Crippen molar-refractivity contribution >= 4 is 16.9 Å². The Kier molecular flexibility index (Phi) is 4.00. The quantitative estimate of drug-likeness (QED) is 0.755. The van der Waals surface area contributed by atoms with E-state index < -0.39 is 0 Å². The molecule has 3 aromatic rings. The smallest absolute Gasteiger partial charge is 0.260 e. The monoisotopic (exact) mass is 296 g/mol. The molecule has 0 amide bonds. The Morgan fingerprint density at radius 1 is 1.27 bits per heavy atom. The third-order valence-electron chi connectivity index (χ3n) is 3.16. The van der Waals surface area contributed by atoms with E-state index in [0.29, 0.717) is 35.9 Å². The summed E-state index contributed by atoms with van der Waals surface area (Å²) in [6.07, 6.45) is 1.69. The number of anilines is 1.